The molecule has 3 N–H and O–H groups in total. The highest BCUT2D eigenvalue weighted by atomic mass is 32.2. The number of ether oxygens (including phenoxy) is 1. The molecule has 0 spiro atoms. The summed E-state index contributed by atoms with van der Waals surface area (Å²) in [6.07, 6.45) is 4.24. The molecular formula is C22H29N3O5S. The molecule has 168 valence electrons. The number of carbonyl (C=O) groups is 1. The molecule has 0 unspecified atom stereocenters. The second-order valence-corrected chi connectivity index (χ2v) is 9.47. The predicted molar refractivity (Wildman–Crippen MR) is 116 cm³/mol. The summed E-state index contributed by atoms with van der Waals surface area (Å²) in [6, 6.07) is 9.82. The van der Waals surface area contributed by atoms with Crippen molar-refractivity contribution < 1.29 is 23.1 Å². The van der Waals surface area contributed by atoms with Crippen LogP contribution in [0.1, 0.15) is 30.4 Å². The minimum absolute atomic E-state index is 0.130. The van der Waals surface area contributed by atoms with Gasteiger partial charge in [0.1, 0.15) is 0 Å². The summed E-state index contributed by atoms with van der Waals surface area (Å²) in [5.41, 5.74) is 2.06. The first-order valence-corrected chi connectivity index (χ1v) is 11.9. The number of nitrogens with one attached hydrogen (secondary N) is 2. The van der Waals surface area contributed by atoms with Crippen LogP contribution in [0.3, 0.4) is 0 Å². The molecule has 0 aliphatic carbocycles. The first-order chi connectivity index (χ1) is 14.9. The van der Waals surface area contributed by atoms with E-state index in [1.54, 1.807) is 36.7 Å². The maximum Gasteiger partial charge on any atom is 0.240 e. The Morgan fingerprint density at radius 2 is 1.87 bits per heavy atom. The number of sulfonamides is 1. The lowest BCUT2D eigenvalue weighted by Gasteiger charge is -2.35. The molecular weight excluding hydrogens is 418 g/mol. The number of rotatable bonds is 9. The largest absolute Gasteiger partial charge is 0.394 e. The SMILES string of the molecule is Cc1ccc(S(=O)(=O)N[C@@H]2CC[C@H](CC(=O)NCCc3ccncc3)O[C@H]2CO)cc1. The van der Waals surface area contributed by atoms with Crippen LogP contribution in [0.15, 0.2) is 53.7 Å². The Labute approximate surface area is 183 Å². The zero-order valence-corrected chi connectivity index (χ0v) is 18.3. The minimum atomic E-state index is -3.72. The highest BCUT2D eigenvalue weighted by molar-refractivity contribution is 7.89. The Morgan fingerprint density at radius 3 is 2.55 bits per heavy atom. The van der Waals surface area contributed by atoms with Gasteiger partial charge in [0.15, 0.2) is 0 Å². The fraction of sp³-hybridized carbons (Fsp3) is 0.455. The maximum atomic E-state index is 12.7. The molecule has 1 saturated heterocycles. The lowest BCUT2D eigenvalue weighted by Crippen LogP contribution is -2.51. The van der Waals surface area contributed by atoms with Crippen LogP contribution in [0.4, 0.5) is 0 Å². The number of carbonyl (C=O) groups excluding carboxylic acids is 1. The van der Waals surface area contributed by atoms with E-state index in [2.05, 4.69) is 15.0 Å². The smallest absolute Gasteiger partial charge is 0.240 e. The molecule has 0 bridgehead atoms. The van der Waals surface area contributed by atoms with Gasteiger partial charge in [-0.1, -0.05) is 17.7 Å². The lowest BCUT2D eigenvalue weighted by molar-refractivity contribution is -0.130. The van der Waals surface area contributed by atoms with E-state index in [0.717, 1.165) is 11.1 Å². The Bertz CT molecular complexity index is 951. The molecule has 9 heteroatoms. The standard InChI is InChI=1S/C22H29N3O5S/c1-16-2-5-19(6-3-16)31(28,29)25-20-7-4-18(30-21(20)15-26)14-22(27)24-13-10-17-8-11-23-12-9-17/h2-3,5-6,8-9,11-12,18,20-21,25-26H,4,7,10,13-15H2,1H3,(H,24,27)/t18-,20-,21+/m1/s1. The van der Waals surface area contributed by atoms with Crippen molar-refractivity contribution in [1.82, 2.24) is 15.0 Å². The third-order valence-electron chi connectivity index (χ3n) is 5.33. The van der Waals surface area contributed by atoms with Gasteiger partial charge in [-0.25, -0.2) is 13.1 Å². The molecule has 8 nitrogen and oxygen atoms in total. The molecule has 31 heavy (non-hydrogen) atoms. The number of benzene rings is 1. The van der Waals surface area contributed by atoms with Gasteiger partial charge in [0.25, 0.3) is 0 Å². The number of hydrogen-bond acceptors (Lipinski definition) is 6. The molecule has 0 radical (unpaired) electrons. The van der Waals surface area contributed by atoms with Gasteiger partial charge in [0, 0.05) is 18.9 Å². The zero-order chi connectivity index (χ0) is 22.3. The summed E-state index contributed by atoms with van der Waals surface area (Å²) >= 11 is 0. The van der Waals surface area contributed by atoms with Crippen LogP contribution in [-0.4, -0.2) is 55.8 Å². The number of aliphatic hydroxyl groups is 1. The maximum absolute atomic E-state index is 12.7. The van der Waals surface area contributed by atoms with Gasteiger partial charge in [-0.05, 0) is 56.0 Å². The summed E-state index contributed by atoms with van der Waals surface area (Å²) in [5.74, 6) is -0.130. The minimum Gasteiger partial charge on any atom is -0.394 e. The van der Waals surface area contributed by atoms with E-state index in [1.807, 2.05) is 19.1 Å². The molecule has 1 aliphatic heterocycles. The Morgan fingerprint density at radius 1 is 1.16 bits per heavy atom. The summed E-state index contributed by atoms with van der Waals surface area (Å²) < 4.78 is 33.8. The number of nitrogens with zero attached hydrogens (tertiary/aromatic N) is 1. The van der Waals surface area contributed by atoms with Crippen molar-refractivity contribution in [3.63, 3.8) is 0 Å². The van der Waals surface area contributed by atoms with Crippen LogP contribution < -0.4 is 10.0 Å². The number of pyridine rings is 1. The van der Waals surface area contributed by atoms with E-state index in [-0.39, 0.29) is 29.9 Å². The fourth-order valence-electron chi connectivity index (χ4n) is 3.58. The number of aromatic nitrogens is 1. The van der Waals surface area contributed by atoms with E-state index in [1.165, 1.54) is 0 Å². The molecule has 1 aromatic carbocycles. The molecule has 3 atom stereocenters. The van der Waals surface area contributed by atoms with Gasteiger partial charge in [-0.15, -0.1) is 0 Å². The monoisotopic (exact) mass is 447 g/mol. The number of aryl methyl sites for hydroxylation is 1. The van der Waals surface area contributed by atoms with Crippen molar-refractivity contribution in [2.45, 2.75) is 55.8 Å². The second-order valence-electron chi connectivity index (χ2n) is 7.76. The van der Waals surface area contributed by atoms with Gasteiger partial charge >= 0.3 is 0 Å². The Hall–Kier alpha value is -2.33. The van der Waals surface area contributed by atoms with Crippen LogP contribution in [-0.2, 0) is 26.0 Å². The third kappa shape index (κ3) is 6.83. The van der Waals surface area contributed by atoms with Gasteiger partial charge in [0.2, 0.25) is 15.9 Å². The first-order valence-electron chi connectivity index (χ1n) is 10.4. The van der Waals surface area contributed by atoms with Crippen LogP contribution in [0, 0.1) is 6.92 Å². The van der Waals surface area contributed by atoms with Crippen molar-refractivity contribution in [1.29, 1.82) is 0 Å². The van der Waals surface area contributed by atoms with Crippen LogP contribution in [0.25, 0.3) is 0 Å². The summed E-state index contributed by atoms with van der Waals surface area (Å²) in [4.78, 5) is 16.4. The molecule has 1 aliphatic rings. The quantitative estimate of drug-likeness (QED) is 0.534. The molecule has 1 fully saturated rings. The number of hydrogen-bond donors (Lipinski definition) is 3. The van der Waals surface area contributed by atoms with Crippen molar-refractivity contribution in [3.05, 3.63) is 59.9 Å². The Kier molecular flexibility index (Phi) is 8.14. The van der Waals surface area contributed by atoms with Crippen molar-refractivity contribution in [2.24, 2.45) is 0 Å². The van der Waals surface area contributed by atoms with E-state index in [0.29, 0.717) is 25.8 Å². The van der Waals surface area contributed by atoms with Gasteiger partial charge in [0.05, 0.1) is 36.2 Å². The molecule has 1 amide bonds. The van der Waals surface area contributed by atoms with Crippen molar-refractivity contribution in [3.8, 4) is 0 Å². The molecule has 3 rings (SSSR count). The highest BCUT2D eigenvalue weighted by Crippen LogP contribution is 2.23. The van der Waals surface area contributed by atoms with Gasteiger partial charge in [-0.3, -0.25) is 9.78 Å². The molecule has 2 heterocycles. The number of aliphatic hydroxyl groups excluding tert-OH is 1. The average Bonchev–Trinajstić information content (AvgIpc) is 2.75. The van der Waals surface area contributed by atoms with Gasteiger partial charge in [-0.2, -0.15) is 0 Å². The summed E-state index contributed by atoms with van der Waals surface area (Å²) in [5, 5.41) is 12.6. The normalized spacial score (nSPS) is 21.5. The van der Waals surface area contributed by atoms with E-state index in [4.69, 9.17) is 4.74 Å². The number of amides is 1. The predicted octanol–water partition coefficient (Wildman–Crippen LogP) is 1.33. The van der Waals surface area contributed by atoms with Crippen LogP contribution in [0.5, 0.6) is 0 Å². The van der Waals surface area contributed by atoms with Crippen molar-refractivity contribution in [2.75, 3.05) is 13.2 Å². The first kappa shape index (κ1) is 23.3. The molecule has 0 saturated carbocycles. The van der Waals surface area contributed by atoms with Crippen molar-refractivity contribution >= 4 is 15.9 Å². The van der Waals surface area contributed by atoms with Crippen LogP contribution in [0.2, 0.25) is 0 Å². The zero-order valence-electron chi connectivity index (χ0n) is 17.5. The lowest BCUT2D eigenvalue weighted by atomic mass is 9.98. The topological polar surface area (TPSA) is 118 Å². The van der Waals surface area contributed by atoms with E-state index < -0.39 is 22.2 Å². The summed E-state index contributed by atoms with van der Waals surface area (Å²) in [7, 11) is -3.72. The Balaban J connectivity index is 1.48. The van der Waals surface area contributed by atoms with Crippen LogP contribution >= 0.6 is 0 Å². The second kappa shape index (κ2) is 10.8. The van der Waals surface area contributed by atoms with Gasteiger partial charge < -0.3 is 15.2 Å². The fourth-order valence-corrected chi connectivity index (χ4v) is 4.87. The molecule has 1 aromatic heterocycles. The molecule has 2 aromatic rings. The highest BCUT2D eigenvalue weighted by Gasteiger charge is 2.34. The summed E-state index contributed by atoms with van der Waals surface area (Å²) in [6.45, 7) is 2.06. The average molecular weight is 448 g/mol. The van der Waals surface area contributed by atoms with E-state index in [9.17, 15) is 18.3 Å². The third-order valence-corrected chi connectivity index (χ3v) is 6.84. The van der Waals surface area contributed by atoms with E-state index >= 15 is 0 Å².